The Morgan fingerprint density at radius 2 is 1.95 bits per heavy atom. The van der Waals surface area contributed by atoms with Gasteiger partial charge in [0.25, 0.3) is 5.91 Å². The van der Waals surface area contributed by atoms with Crippen LogP contribution in [-0.4, -0.2) is 60.2 Å². The second kappa shape index (κ2) is 11.0. The third kappa shape index (κ3) is 5.22. The van der Waals surface area contributed by atoms with Gasteiger partial charge in [-0.2, -0.15) is 5.10 Å². The highest BCUT2D eigenvalue weighted by Gasteiger charge is 2.31. The first-order valence-corrected chi connectivity index (χ1v) is 13.2. The number of benzene rings is 1. The van der Waals surface area contributed by atoms with Crippen molar-refractivity contribution in [3.05, 3.63) is 69.8 Å². The van der Waals surface area contributed by atoms with E-state index in [1.54, 1.807) is 16.4 Å². The first kappa shape index (κ1) is 27.7. The van der Waals surface area contributed by atoms with Crippen LogP contribution in [0.4, 0.5) is 14.5 Å². The zero-order chi connectivity index (χ0) is 29.4. The second-order valence-electron chi connectivity index (χ2n) is 10.1. The number of fused-ring (bicyclic) bond motifs is 2. The van der Waals surface area contributed by atoms with Crippen molar-refractivity contribution in [1.29, 1.82) is 0 Å². The van der Waals surface area contributed by atoms with Gasteiger partial charge in [-0.1, -0.05) is 6.92 Å². The molecule has 0 saturated heterocycles. The van der Waals surface area contributed by atoms with E-state index in [-0.39, 0.29) is 24.0 Å². The summed E-state index contributed by atoms with van der Waals surface area (Å²) < 4.78 is 30.1. The lowest BCUT2D eigenvalue weighted by molar-refractivity contribution is -0.122. The van der Waals surface area contributed by atoms with Crippen molar-refractivity contribution >= 4 is 28.5 Å². The van der Waals surface area contributed by atoms with Crippen LogP contribution in [0.5, 0.6) is 5.75 Å². The van der Waals surface area contributed by atoms with Gasteiger partial charge in [0.15, 0.2) is 17.1 Å². The largest absolute Gasteiger partial charge is 0.503 e. The smallest absolute Gasteiger partial charge is 0.274 e. The van der Waals surface area contributed by atoms with Gasteiger partial charge in [0.1, 0.15) is 17.7 Å². The number of halogens is 2. The maximum atomic E-state index is 14.8. The average molecular weight is 566 g/mol. The van der Waals surface area contributed by atoms with Gasteiger partial charge in [0, 0.05) is 41.8 Å². The van der Waals surface area contributed by atoms with Crippen LogP contribution in [0.25, 0.3) is 22.3 Å². The quantitative estimate of drug-likeness (QED) is 0.257. The van der Waals surface area contributed by atoms with E-state index in [9.17, 15) is 28.3 Å². The molecule has 11 nitrogen and oxygen atoms in total. The number of carbonyl (C=O) groups is 2. The number of nitrogens with one attached hydrogen (secondary N) is 3. The molecule has 4 N–H and O–H groups in total. The number of hydrogen-bond donors (Lipinski definition) is 4. The zero-order valence-corrected chi connectivity index (χ0v) is 22.7. The monoisotopic (exact) mass is 565 g/mol. The predicted octanol–water partition coefficient (Wildman–Crippen LogP) is 3.14. The lowest BCUT2D eigenvalue weighted by Gasteiger charge is -2.34. The molecule has 0 spiro atoms. The van der Waals surface area contributed by atoms with E-state index in [2.05, 4.69) is 25.8 Å². The molecule has 0 radical (unpaired) electrons. The van der Waals surface area contributed by atoms with E-state index in [1.165, 1.54) is 30.3 Å². The Morgan fingerprint density at radius 1 is 1.17 bits per heavy atom. The van der Waals surface area contributed by atoms with Crippen molar-refractivity contribution in [2.24, 2.45) is 0 Å². The van der Waals surface area contributed by atoms with E-state index in [0.717, 1.165) is 6.20 Å². The van der Waals surface area contributed by atoms with E-state index in [4.69, 9.17) is 0 Å². The van der Waals surface area contributed by atoms with E-state index < -0.39 is 40.7 Å². The van der Waals surface area contributed by atoms with Gasteiger partial charge in [-0.15, -0.1) is 0 Å². The van der Waals surface area contributed by atoms with Gasteiger partial charge >= 0.3 is 0 Å². The van der Waals surface area contributed by atoms with Gasteiger partial charge in [0.05, 0.1) is 24.1 Å². The Labute approximate surface area is 233 Å². The molecule has 0 fully saturated rings. The number of pyridine rings is 2. The Morgan fingerprint density at radius 3 is 2.68 bits per heavy atom. The van der Waals surface area contributed by atoms with E-state index >= 15 is 0 Å². The second-order valence-corrected chi connectivity index (χ2v) is 10.1. The Hall–Kier alpha value is -4.81. The molecule has 1 aliphatic rings. The highest BCUT2D eigenvalue weighted by molar-refractivity contribution is 5.96. The van der Waals surface area contributed by atoms with Crippen LogP contribution in [0.15, 0.2) is 41.3 Å². The lowest BCUT2D eigenvalue weighted by atomic mass is 10.1. The SMILES string of the molecule is CCC(Nc1cc(-c2[nH]nc3ncc(F)cc23)ccc1F)C(=O)NCc1cc(=O)c(O)c2n1CCN(C(C)C)C2=O. The number of amides is 2. The number of nitrogens with zero attached hydrogens (tertiary/aromatic N) is 4. The molecule has 0 aliphatic carbocycles. The maximum absolute atomic E-state index is 14.8. The summed E-state index contributed by atoms with van der Waals surface area (Å²) in [5, 5.41) is 23.3. The molecular weight excluding hydrogens is 536 g/mol. The Kier molecular flexibility index (Phi) is 7.43. The highest BCUT2D eigenvalue weighted by Crippen LogP contribution is 2.29. The molecule has 4 aromatic rings. The summed E-state index contributed by atoms with van der Waals surface area (Å²) in [5.41, 5.74) is 0.851. The molecule has 4 heterocycles. The summed E-state index contributed by atoms with van der Waals surface area (Å²) in [6.45, 7) is 6.08. The molecule has 13 heteroatoms. The average Bonchev–Trinajstić information content (AvgIpc) is 3.36. The maximum Gasteiger partial charge on any atom is 0.274 e. The van der Waals surface area contributed by atoms with Crippen molar-refractivity contribution in [3.63, 3.8) is 0 Å². The van der Waals surface area contributed by atoms with Crippen LogP contribution in [0.1, 0.15) is 43.4 Å². The molecule has 0 saturated carbocycles. The van der Waals surface area contributed by atoms with Crippen LogP contribution in [0, 0.1) is 11.6 Å². The van der Waals surface area contributed by atoms with Crippen molar-refractivity contribution in [1.82, 2.24) is 30.0 Å². The fourth-order valence-electron chi connectivity index (χ4n) is 4.97. The lowest BCUT2D eigenvalue weighted by Crippen LogP contribution is -2.46. The molecule has 1 aliphatic heterocycles. The topological polar surface area (TPSA) is 145 Å². The summed E-state index contributed by atoms with van der Waals surface area (Å²) in [6, 6.07) is 5.74. The van der Waals surface area contributed by atoms with Crippen LogP contribution < -0.4 is 16.1 Å². The minimum absolute atomic E-state index is 0.0502. The summed E-state index contributed by atoms with van der Waals surface area (Å²) >= 11 is 0. The van der Waals surface area contributed by atoms with Crippen molar-refractivity contribution in [2.45, 2.75) is 52.4 Å². The molecule has 2 amide bonds. The summed E-state index contributed by atoms with van der Waals surface area (Å²) in [4.78, 5) is 44.0. The summed E-state index contributed by atoms with van der Waals surface area (Å²) in [5.74, 6) is -2.68. The molecule has 214 valence electrons. The number of hydrogen-bond acceptors (Lipinski definition) is 7. The van der Waals surface area contributed by atoms with Crippen molar-refractivity contribution in [2.75, 3.05) is 11.9 Å². The number of H-pyrrole nitrogens is 1. The molecule has 0 bridgehead atoms. The number of aromatic nitrogens is 4. The zero-order valence-electron chi connectivity index (χ0n) is 22.7. The van der Waals surface area contributed by atoms with Crippen LogP contribution in [0.2, 0.25) is 0 Å². The van der Waals surface area contributed by atoms with Gasteiger partial charge < -0.3 is 25.2 Å². The Bertz CT molecular complexity index is 1720. The summed E-state index contributed by atoms with van der Waals surface area (Å²) in [6.07, 6.45) is 1.35. The number of carbonyl (C=O) groups excluding carboxylic acids is 2. The minimum atomic E-state index is -0.847. The molecule has 41 heavy (non-hydrogen) atoms. The normalized spacial score (nSPS) is 13.9. The third-order valence-corrected chi connectivity index (χ3v) is 7.15. The highest BCUT2D eigenvalue weighted by atomic mass is 19.1. The summed E-state index contributed by atoms with van der Waals surface area (Å²) in [7, 11) is 0. The van der Waals surface area contributed by atoms with Crippen LogP contribution in [0.3, 0.4) is 0 Å². The number of anilines is 1. The number of rotatable bonds is 8. The van der Waals surface area contributed by atoms with Gasteiger partial charge in [-0.05, 0) is 44.5 Å². The first-order chi connectivity index (χ1) is 19.6. The molecule has 1 atom stereocenters. The molecular formula is C28H29F2N7O4. The van der Waals surface area contributed by atoms with Crippen LogP contribution >= 0.6 is 0 Å². The van der Waals surface area contributed by atoms with Gasteiger partial charge in [0.2, 0.25) is 11.3 Å². The van der Waals surface area contributed by atoms with Crippen LogP contribution in [-0.2, 0) is 17.9 Å². The molecule has 5 rings (SSSR count). The molecule has 3 aromatic heterocycles. The minimum Gasteiger partial charge on any atom is -0.503 e. The number of aromatic hydroxyl groups is 1. The third-order valence-electron chi connectivity index (χ3n) is 7.15. The number of aromatic amines is 1. The predicted molar refractivity (Wildman–Crippen MR) is 147 cm³/mol. The first-order valence-electron chi connectivity index (χ1n) is 13.2. The van der Waals surface area contributed by atoms with E-state index in [0.29, 0.717) is 47.5 Å². The molecule has 1 aromatic carbocycles. The molecule has 1 unspecified atom stereocenters. The fraction of sp³-hybridized carbons (Fsp3) is 0.321. The van der Waals surface area contributed by atoms with Crippen molar-refractivity contribution in [3.8, 4) is 17.0 Å². The van der Waals surface area contributed by atoms with Crippen molar-refractivity contribution < 1.29 is 23.5 Å². The van der Waals surface area contributed by atoms with E-state index in [1.807, 2.05) is 13.8 Å². The van der Waals surface area contributed by atoms with Gasteiger partial charge in [-0.3, -0.25) is 19.5 Å². The standard InChI is InChI=1S/C28H29F2N7O4/c1-4-20(33-21-9-15(5-6-19(21)30)23-18-10-16(29)12-31-26(18)35-34-23)27(40)32-13-17-11-22(38)25(39)24-28(41)36(14(2)3)7-8-37(17)24/h5-6,9-12,14,20,33,39H,4,7-8,13H2,1-3H3,(H,32,40)(H,31,34,35). The Balaban J connectivity index is 1.35. The fourth-order valence-corrected chi connectivity index (χ4v) is 4.97. The van der Waals surface area contributed by atoms with Gasteiger partial charge in [-0.25, -0.2) is 13.8 Å².